The fourth-order valence-electron chi connectivity index (χ4n) is 3.89. The van der Waals surface area contributed by atoms with E-state index in [0.29, 0.717) is 6.04 Å². The smallest absolute Gasteiger partial charge is 0.210 e. The van der Waals surface area contributed by atoms with Gasteiger partial charge in [-0.25, -0.2) is 9.97 Å². The predicted molar refractivity (Wildman–Crippen MR) is 104 cm³/mol. The number of aromatic amines is 1. The molecule has 4 aromatic rings. The van der Waals surface area contributed by atoms with Crippen LogP contribution in [0.3, 0.4) is 0 Å². The molecular formula is C20H22N6. The molecule has 0 aliphatic heterocycles. The quantitative estimate of drug-likeness (QED) is 0.578. The molecule has 3 aromatic heterocycles. The van der Waals surface area contributed by atoms with Crippen molar-refractivity contribution in [2.75, 3.05) is 5.32 Å². The molecule has 6 nitrogen and oxygen atoms in total. The average molecular weight is 346 g/mol. The first kappa shape index (κ1) is 15.4. The van der Waals surface area contributed by atoms with E-state index in [4.69, 9.17) is 9.97 Å². The van der Waals surface area contributed by atoms with Crippen LogP contribution < -0.4 is 5.32 Å². The van der Waals surface area contributed by atoms with Crippen molar-refractivity contribution in [3.63, 3.8) is 0 Å². The van der Waals surface area contributed by atoms with Crippen LogP contribution in [0, 0.1) is 6.92 Å². The molecule has 2 N–H and O–H groups in total. The molecule has 1 aliphatic rings. The summed E-state index contributed by atoms with van der Waals surface area (Å²) in [6, 6.07) is 10.8. The number of rotatable bonds is 3. The largest absolute Gasteiger partial charge is 0.353 e. The van der Waals surface area contributed by atoms with Crippen LogP contribution in [-0.4, -0.2) is 30.8 Å². The van der Waals surface area contributed by atoms with E-state index in [1.807, 2.05) is 19.2 Å². The molecular weight excluding hydrogens is 324 g/mol. The normalized spacial score (nSPS) is 15.7. The third-order valence-electron chi connectivity index (χ3n) is 5.26. The van der Waals surface area contributed by atoms with Gasteiger partial charge in [-0.05, 0) is 50.1 Å². The maximum atomic E-state index is 4.86. The maximum Gasteiger partial charge on any atom is 0.210 e. The van der Waals surface area contributed by atoms with Crippen LogP contribution >= 0.6 is 0 Å². The van der Waals surface area contributed by atoms with Crippen LogP contribution in [0.2, 0.25) is 0 Å². The second-order valence-corrected chi connectivity index (χ2v) is 7.19. The Bertz CT molecular complexity index is 1070. The summed E-state index contributed by atoms with van der Waals surface area (Å²) in [6.45, 7) is 2.02. The molecule has 1 saturated carbocycles. The van der Waals surface area contributed by atoms with Gasteiger partial charge in [0.2, 0.25) is 5.95 Å². The zero-order chi connectivity index (χ0) is 17.5. The lowest BCUT2D eigenvalue weighted by atomic mass is 9.96. The van der Waals surface area contributed by atoms with Gasteiger partial charge in [0.05, 0.1) is 17.4 Å². The predicted octanol–water partition coefficient (Wildman–Crippen LogP) is 4.35. The Labute approximate surface area is 151 Å². The van der Waals surface area contributed by atoms with Crippen molar-refractivity contribution in [1.82, 2.24) is 24.7 Å². The maximum absolute atomic E-state index is 4.86. The minimum atomic E-state index is 0.484. The van der Waals surface area contributed by atoms with Crippen LogP contribution in [0.25, 0.3) is 27.8 Å². The Morgan fingerprint density at radius 1 is 1.08 bits per heavy atom. The van der Waals surface area contributed by atoms with E-state index in [-0.39, 0.29) is 0 Å². The number of nitrogens with zero attached hydrogens (tertiary/aromatic N) is 4. The van der Waals surface area contributed by atoms with Crippen LogP contribution in [0.5, 0.6) is 0 Å². The number of hydrogen-bond acceptors (Lipinski definition) is 4. The van der Waals surface area contributed by atoms with Gasteiger partial charge in [-0.15, -0.1) is 0 Å². The number of benzene rings is 1. The number of hydrogen-bond donors (Lipinski definition) is 2. The van der Waals surface area contributed by atoms with Gasteiger partial charge in [-0.1, -0.05) is 19.3 Å². The number of nitrogens with one attached hydrogen (secondary N) is 2. The summed E-state index contributed by atoms with van der Waals surface area (Å²) in [5.74, 6) is 0.882. The summed E-state index contributed by atoms with van der Waals surface area (Å²) in [5.41, 5.74) is 4.89. The molecule has 0 saturated heterocycles. The lowest BCUT2D eigenvalue weighted by Gasteiger charge is -2.23. The Hall–Kier alpha value is -2.89. The van der Waals surface area contributed by atoms with E-state index in [0.717, 1.165) is 39.4 Å². The molecule has 5 rings (SSSR count). The van der Waals surface area contributed by atoms with Crippen LogP contribution in [0.4, 0.5) is 5.95 Å². The van der Waals surface area contributed by atoms with Crippen molar-refractivity contribution in [3.05, 3.63) is 42.2 Å². The molecule has 0 radical (unpaired) electrons. The van der Waals surface area contributed by atoms with E-state index < -0.39 is 0 Å². The Morgan fingerprint density at radius 3 is 2.85 bits per heavy atom. The summed E-state index contributed by atoms with van der Waals surface area (Å²) in [4.78, 5) is 9.63. The highest BCUT2D eigenvalue weighted by atomic mass is 15.2. The topological polar surface area (TPSA) is 71.4 Å². The zero-order valence-corrected chi connectivity index (χ0v) is 14.9. The van der Waals surface area contributed by atoms with Gasteiger partial charge in [0.1, 0.15) is 5.52 Å². The van der Waals surface area contributed by atoms with Gasteiger partial charge in [0, 0.05) is 17.1 Å². The third-order valence-corrected chi connectivity index (χ3v) is 5.26. The van der Waals surface area contributed by atoms with Crippen molar-refractivity contribution < 1.29 is 0 Å². The van der Waals surface area contributed by atoms with E-state index in [9.17, 15) is 0 Å². The lowest BCUT2D eigenvalue weighted by molar-refractivity contribution is 0.460. The standard InChI is InChI=1S/C20H22N6/c1-13-7-9-18-19(22-13)26(16-8-10-17-14(11-16)12-21-25-17)20(24-18)23-15-5-3-2-4-6-15/h7-12,15H,2-6H2,1H3,(H,21,25)(H,23,24). The van der Waals surface area contributed by atoms with E-state index >= 15 is 0 Å². The molecule has 0 spiro atoms. The van der Waals surface area contributed by atoms with Gasteiger partial charge in [0.25, 0.3) is 0 Å². The fraction of sp³-hybridized carbons (Fsp3) is 0.350. The van der Waals surface area contributed by atoms with Crippen LogP contribution in [0.15, 0.2) is 36.5 Å². The number of H-pyrrole nitrogens is 1. The highest BCUT2D eigenvalue weighted by Gasteiger charge is 2.19. The summed E-state index contributed by atoms with van der Waals surface area (Å²) in [5, 5.41) is 11.9. The second-order valence-electron chi connectivity index (χ2n) is 7.19. The summed E-state index contributed by atoms with van der Waals surface area (Å²) in [7, 11) is 0. The van der Waals surface area contributed by atoms with Gasteiger partial charge < -0.3 is 5.32 Å². The third kappa shape index (κ3) is 2.62. The van der Waals surface area contributed by atoms with Gasteiger partial charge >= 0.3 is 0 Å². The van der Waals surface area contributed by atoms with Gasteiger partial charge in [-0.3, -0.25) is 9.67 Å². The molecule has 132 valence electrons. The van der Waals surface area contributed by atoms with Crippen molar-refractivity contribution in [1.29, 1.82) is 0 Å². The monoisotopic (exact) mass is 346 g/mol. The molecule has 0 bridgehead atoms. The van der Waals surface area contributed by atoms with E-state index in [1.54, 1.807) is 0 Å². The van der Waals surface area contributed by atoms with Gasteiger partial charge in [-0.2, -0.15) is 5.10 Å². The Balaban J connectivity index is 1.66. The summed E-state index contributed by atoms with van der Waals surface area (Å²) in [6.07, 6.45) is 8.18. The second kappa shape index (κ2) is 6.12. The van der Waals surface area contributed by atoms with Gasteiger partial charge in [0.15, 0.2) is 5.65 Å². The van der Waals surface area contributed by atoms with Crippen molar-refractivity contribution in [2.45, 2.75) is 45.1 Å². The number of aromatic nitrogens is 5. The molecule has 3 heterocycles. The number of anilines is 1. The highest BCUT2D eigenvalue weighted by molar-refractivity contribution is 5.83. The first-order chi connectivity index (χ1) is 12.8. The molecule has 0 atom stereocenters. The molecule has 1 fully saturated rings. The van der Waals surface area contributed by atoms with E-state index in [1.165, 1.54) is 32.1 Å². The molecule has 0 unspecified atom stereocenters. The Kier molecular flexibility index (Phi) is 3.62. The summed E-state index contributed by atoms with van der Waals surface area (Å²) < 4.78 is 2.14. The molecule has 0 amide bonds. The number of fused-ring (bicyclic) bond motifs is 2. The van der Waals surface area contributed by atoms with Crippen molar-refractivity contribution >= 4 is 28.0 Å². The minimum Gasteiger partial charge on any atom is -0.353 e. The molecule has 6 heteroatoms. The number of aryl methyl sites for hydroxylation is 1. The highest BCUT2D eigenvalue weighted by Crippen LogP contribution is 2.28. The van der Waals surface area contributed by atoms with E-state index in [2.05, 4.69) is 44.3 Å². The molecule has 1 aliphatic carbocycles. The molecule has 26 heavy (non-hydrogen) atoms. The SMILES string of the molecule is Cc1ccc2nc(NC3CCCCC3)n(-c3ccc4[nH]ncc4c3)c2n1. The number of pyridine rings is 1. The minimum absolute atomic E-state index is 0.484. The Morgan fingerprint density at radius 2 is 1.96 bits per heavy atom. The molecule has 1 aromatic carbocycles. The lowest BCUT2D eigenvalue weighted by Crippen LogP contribution is -2.24. The average Bonchev–Trinajstić information content (AvgIpc) is 3.25. The van der Waals surface area contributed by atoms with Crippen molar-refractivity contribution in [2.24, 2.45) is 0 Å². The first-order valence-electron chi connectivity index (χ1n) is 9.34. The van der Waals surface area contributed by atoms with Crippen LogP contribution in [0.1, 0.15) is 37.8 Å². The zero-order valence-electron chi connectivity index (χ0n) is 14.9. The van der Waals surface area contributed by atoms with Crippen molar-refractivity contribution in [3.8, 4) is 5.69 Å². The number of imidazole rings is 1. The fourth-order valence-corrected chi connectivity index (χ4v) is 3.89. The summed E-state index contributed by atoms with van der Waals surface area (Å²) >= 11 is 0. The first-order valence-corrected chi connectivity index (χ1v) is 9.34. The van der Waals surface area contributed by atoms with Crippen LogP contribution in [-0.2, 0) is 0 Å².